The first-order valence-electron chi connectivity index (χ1n) is 12.2. The second kappa shape index (κ2) is 12.6. The van der Waals surface area contributed by atoms with Gasteiger partial charge in [-0.25, -0.2) is 4.79 Å². The molecule has 0 saturated carbocycles. The third-order valence-electron chi connectivity index (χ3n) is 6.00. The standard InChI is InChI=1S/C26H28F3N3O8/c1-5-36-20-19(34-3)14(2)37-24(21(20)35-4)38-25(33)30-17-10-6-15(7-11-17)22-31-23(40-32-22)16-8-12-18(13-9-16)39-26(27,28)29/h6-14,19-21,24H,5H2,1-4H3,(H,30,33)/t14-,19-,20+,21+,24-/m0/s1. The number of aromatic nitrogens is 2. The number of rotatable bonds is 9. The van der Waals surface area contributed by atoms with Crippen molar-refractivity contribution in [1.82, 2.24) is 10.1 Å². The van der Waals surface area contributed by atoms with Crippen molar-refractivity contribution in [3.63, 3.8) is 0 Å². The van der Waals surface area contributed by atoms with Crippen molar-refractivity contribution in [3.8, 4) is 28.6 Å². The molecule has 1 saturated heterocycles. The van der Waals surface area contributed by atoms with Gasteiger partial charge in [-0.05, 0) is 62.4 Å². The maximum Gasteiger partial charge on any atom is 0.573 e. The van der Waals surface area contributed by atoms with Gasteiger partial charge in [-0.1, -0.05) is 5.16 Å². The van der Waals surface area contributed by atoms with Crippen LogP contribution in [0.4, 0.5) is 23.7 Å². The molecule has 0 unspecified atom stereocenters. The lowest BCUT2D eigenvalue weighted by Crippen LogP contribution is -2.60. The first-order chi connectivity index (χ1) is 19.1. The van der Waals surface area contributed by atoms with Crippen LogP contribution in [-0.2, 0) is 23.7 Å². The molecule has 14 heteroatoms. The minimum atomic E-state index is -4.79. The van der Waals surface area contributed by atoms with Crippen LogP contribution in [0.5, 0.6) is 5.75 Å². The van der Waals surface area contributed by atoms with E-state index in [0.29, 0.717) is 23.4 Å². The third kappa shape index (κ3) is 7.07. The summed E-state index contributed by atoms with van der Waals surface area (Å²) < 4.78 is 74.3. The minimum absolute atomic E-state index is 0.106. The molecule has 1 aliphatic heterocycles. The van der Waals surface area contributed by atoms with Crippen molar-refractivity contribution in [2.45, 2.75) is 50.9 Å². The van der Waals surface area contributed by atoms with E-state index in [0.717, 1.165) is 12.1 Å². The molecule has 3 aromatic rings. The average molecular weight is 568 g/mol. The molecule has 5 atom stereocenters. The molecule has 1 aliphatic rings. The fraction of sp³-hybridized carbons (Fsp3) is 0.423. The molecule has 11 nitrogen and oxygen atoms in total. The number of nitrogens with zero attached hydrogens (tertiary/aromatic N) is 2. The first kappa shape index (κ1) is 29.3. The van der Waals surface area contributed by atoms with Gasteiger partial charge >= 0.3 is 12.5 Å². The number of carbonyl (C=O) groups excluding carboxylic acids is 1. The number of benzene rings is 2. The van der Waals surface area contributed by atoms with Crippen LogP contribution < -0.4 is 10.1 Å². The van der Waals surface area contributed by atoms with Crippen LogP contribution in [-0.4, -0.2) is 74.1 Å². The number of anilines is 1. The number of carbonyl (C=O) groups is 1. The number of halogens is 3. The molecule has 0 radical (unpaired) electrons. The van der Waals surface area contributed by atoms with Gasteiger partial charge in [0, 0.05) is 37.6 Å². The molecule has 2 aromatic carbocycles. The molecule has 1 fully saturated rings. The number of alkyl halides is 3. The van der Waals surface area contributed by atoms with E-state index >= 15 is 0 Å². The maximum atomic E-state index is 12.6. The van der Waals surface area contributed by atoms with Crippen molar-refractivity contribution in [2.75, 3.05) is 26.1 Å². The normalized spacial score (nSPS) is 23.0. The Morgan fingerprint density at radius 3 is 2.23 bits per heavy atom. The van der Waals surface area contributed by atoms with Gasteiger partial charge in [-0.3, -0.25) is 5.32 Å². The van der Waals surface area contributed by atoms with Gasteiger partial charge in [0.05, 0.1) is 6.10 Å². The highest BCUT2D eigenvalue weighted by Crippen LogP contribution is 2.29. The van der Waals surface area contributed by atoms with Gasteiger partial charge in [-0.15, -0.1) is 13.2 Å². The molecule has 1 amide bonds. The lowest BCUT2D eigenvalue weighted by Gasteiger charge is -2.43. The van der Waals surface area contributed by atoms with Crippen LogP contribution in [0.2, 0.25) is 0 Å². The van der Waals surface area contributed by atoms with E-state index in [1.165, 1.54) is 19.2 Å². The molecule has 2 heterocycles. The summed E-state index contributed by atoms with van der Waals surface area (Å²) >= 11 is 0. The fourth-order valence-electron chi connectivity index (χ4n) is 4.24. The highest BCUT2D eigenvalue weighted by Gasteiger charge is 2.47. The van der Waals surface area contributed by atoms with Gasteiger partial charge in [-0.2, -0.15) is 4.98 Å². The first-order valence-corrected chi connectivity index (χ1v) is 12.2. The number of methoxy groups -OCH3 is 2. The van der Waals surface area contributed by atoms with E-state index in [4.69, 9.17) is 28.2 Å². The molecular formula is C26H28F3N3O8. The van der Waals surface area contributed by atoms with E-state index in [-0.39, 0.29) is 17.5 Å². The molecule has 1 aromatic heterocycles. The van der Waals surface area contributed by atoms with Crippen LogP contribution >= 0.6 is 0 Å². The van der Waals surface area contributed by atoms with Gasteiger partial charge < -0.3 is 32.9 Å². The SMILES string of the molecule is CCO[C@@H]1[C@@H](OC)[C@H](C)O[C@@H](OC(=O)Nc2ccc(-c3noc(-c4ccc(OC(F)(F)F)cc4)n3)cc2)[C@@H]1OC. The monoisotopic (exact) mass is 567 g/mol. The van der Waals surface area contributed by atoms with Crippen molar-refractivity contribution in [3.05, 3.63) is 48.5 Å². The lowest BCUT2D eigenvalue weighted by atomic mass is 9.99. The summed E-state index contributed by atoms with van der Waals surface area (Å²) in [6.45, 7) is 4.04. The molecule has 0 aliphatic carbocycles. The molecule has 0 spiro atoms. The molecule has 4 rings (SSSR count). The van der Waals surface area contributed by atoms with Crippen molar-refractivity contribution in [1.29, 1.82) is 0 Å². The Hall–Kier alpha value is -3.72. The summed E-state index contributed by atoms with van der Waals surface area (Å²) in [5.74, 6) is -0.0232. The highest BCUT2D eigenvalue weighted by molar-refractivity contribution is 5.85. The van der Waals surface area contributed by atoms with Gasteiger partial charge in [0.1, 0.15) is 24.1 Å². The molecule has 40 heavy (non-hydrogen) atoms. The zero-order valence-electron chi connectivity index (χ0n) is 22.0. The van der Waals surface area contributed by atoms with Gasteiger partial charge in [0.2, 0.25) is 12.1 Å². The van der Waals surface area contributed by atoms with Gasteiger partial charge in [0.25, 0.3) is 5.89 Å². The summed E-state index contributed by atoms with van der Waals surface area (Å²) in [6, 6.07) is 11.5. The Morgan fingerprint density at radius 1 is 0.975 bits per heavy atom. The minimum Gasteiger partial charge on any atom is -0.416 e. The lowest BCUT2D eigenvalue weighted by molar-refractivity contribution is -0.292. The highest BCUT2D eigenvalue weighted by atomic mass is 19.4. The summed E-state index contributed by atoms with van der Waals surface area (Å²) in [6.07, 6.45) is -8.63. The van der Waals surface area contributed by atoms with E-state index < -0.39 is 43.2 Å². The van der Waals surface area contributed by atoms with Crippen molar-refractivity contribution >= 4 is 11.8 Å². The second-order valence-corrected chi connectivity index (χ2v) is 8.63. The molecule has 0 bridgehead atoms. The number of amides is 1. The Kier molecular flexibility index (Phi) is 9.25. The van der Waals surface area contributed by atoms with E-state index in [1.54, 1.807) is 38.3 Å². The number of nitrogens with one attached hydrogen (secondary N) is 1. The predicted octanol–water partition coefficient (Wildman–Crippen LogP) is 5.03. The Labute approximate surface area is 227 Å². The average Bonchev–Trinajstić information content (AvgIpc) is 3.39. The van der Waals surface area contributed by atoms with Gasteiger partial charge in [0.15, 0.2) is 0 Å². The Morgan fingerprint density at radius 2 is 1.62 bits per heavy atom. The van der Waals surface area contributed by atoms with Crippen LogP contribution in [0.3, 0.4) is 0 Å². The zero-order chi connectivity index (χ0) is 28.9. The molecule has 216 valence electrons. The summed E-state index contributed by atoms with van der Waals surface area (Å²) in [5, 5.41) is 6.54. The molecular weight excluding hydrogens is 539 g/mol. The number of hydrogen-bond acceptors (Lipinski definition) is 10. The number of hydrogen-bond donors (Lipinski definition) is 1. The van der Waals surface area contributed by atoms with Crippen LogP contribution in [0.1, 0.15) is 13.8 Å². The van der Waals surface area contributed by atoms with E-state index in [2.05, 4.69) is 20.2 Å². The van der Waals surface area contributed by atoms with Crippen LogP contribution in [0, 0.1) is 0 Å². The van der Waals surface area contributed by atoms with E-state index in [9.17, 15) is 18.0 Å². The Bertz CT molecular complexity index is 1250. The van der Waals surface area contributed by atoms with Crippen molar-refractivity contribution < 1.29 is 50.9 Å². The fourth-order valence-corrected chi connectivity index (χ4v) is 4.24. The van der Waals surface area contributed by atoms with Crippen LogP contribution in [0.25, 0.3) is 22.8 Å². The Balaban J connectivity index is 1.37. The predicted molar refractivity (Wildman–Crippen MR) is 133 cm³/mol. The topological polar surface area (TPSA) is 123 Å². The largest absolute Gasteiger partial charge is 0.573 e. The van der Waals surface area contributed by atoms with Crippen molar-refractivity contribution in [2.24, 2.45) is 0 Å². The quantitative estimate of drug-likeness (QED) is 0.377. The van der Waals surface area contributed by atoms with E-state index in [1.807, 2.05) is 6.92 Å². The van der Waals surface area contributed by atoms with Crippen LogP contribution in [0.15, 0.2) is 53.1 Å². The maximum absolute atomic E-state index is 12.6. The smallest absolute Gasteiger partial charge is 0.416 e. The summed E-state index contributed by atoms with van der Waals surface area (Å²) in [7, 11) is 3.01. The molecule has 1 N–H and O–H groups in total. The zero-order valence-corrected chi connectivity index (χ0v) is 22.0. The summed E-state index contributed by atoms with van der Waals surface area (Å²) in [4.78, 5) is 16.9. The summed E-state index contributed by atoms with van der Waals surface area (Å²) in [5.41, 5.74) is 1.40. The second-order valence-electron chi connectivity index (χ2n) is 8.63. The number of ether oxygens (including phenoxy) is 6. The third-order valence-corrected chi connectivity index (χ3v) is 6.00.